The number of nitrogens with zero attached hydrogens (tertiary/aromatic N) is 1. The molecular formula is C22H20N4O4S. The van der Waals surface area contributed by atoms with Crippen molar-refractivity contribution in [1.29, 1.82) is 0 Å². The number of anilines is 2. The van der Waals surface area contributed by atoms with Gasteiger partial charge in [-0.25, -0.2) is 18.2 Å². The van der Waals surface area contributed by atoms with Crippen LogP contribution in [0.1, 0.15) is 5.56 Å². The van der Waals surface area contributed by atoms with Gasteiger partial charge in [0.25, 0.3) is 0 Å². The Balaban J connectivity index is 1.54. The van der Waals surface area contributed by atoms with Gasteiger partial charge in [0.1, 0.15) is 12.3 Å². The minimum atomic E-state index is -3.38. The van der Waals surface area contributed by atoms with Crippen LogP contribution in [-0.2, 0) is 21.4 Å². The van der Waals surface area contributed by atoms with Crippen LogP contribution in [0, 0.1) is 0 Å². The molecule has 9 heteroatoms. The number of nitrogens with one attached hydrogen (secondary N) is 3. The van der Waals surface area contributed by atoms with Crippen LogP contribution in [0.2, 0.25) is 0 Å². The number of rotatable bonds is 6. The number of hydrogen-bond acceptors (Lipinski definition) is 5. The van der Waals surface area contributed by atoms with Crippen molar-refractivity contribution in [2.24, 2.45) is 0 Å². The van der Waals surface area contributed by atoms with Crippen molar-refractivity contribution < 1.29 is 17.9 Å². The number of ether oxygens (including phenoxy) is 1. The van der Waals surface area contributed by atoms with Crippen molar-refractivity contribution in [2.45, 2.75) is 6.61 Å². The number of fused-ring (bicyclic) bond motifs is 1. The van der Waals surface area contributed by atoms with Gasteiger partial charge in [-0.3, -0.25) is 10.0 Å². The summed E-state index contributed by atoms with van der Waals surface area (Å²) < 4.78 is 30.8. The summed E-state index contributed by atoms with van der Waals surface area (Å²) in [5, 5.41) is 3.46. The first-order valence-electron chi connectivity index (χ1n) is 9.40. The van der Waals surface area contributed by atoms with Crippen LogP contribution in [0.4, 0.5) is 16.2 Å². The first-order valence-corrected chi connectivity index (χ1v) is 11.3. The topological polar surface area (TPSA) is 113 Å². The fraction of sp³-hybridized carbons (Fsp3) is 0.0909. The van der Waals surface area contributed by atoms with Gasteiger partial charge in [-0.2, -0.15) is 0 Å². The van der Waals surface area contributed by atoms with Crippen molar-refractivity contribution in [2.75, 3.05) is 16.3 Å². The Bertz CT molecular complexity index is 1330. The van der Waals surface area contributed by atoms with E-state index in [4.69, 9.17) is 4.74 Å². The SMILES string of the molecule is CS(=O)(=O)Nc1cccc(-c2c[nH]c3ncc(NC(=O)OCc4ccccc4)cc23)c1. The van der Waals surface area contributed by atoms with Crippen molar-refractivity contribution in [3.63, 3.8) is 0 Å². The number of amides is 1. The summed E-state index contributed by atoms with van der Waals surface area (Å²) in [6.07, 6.45) is 3.84. The largest absolute Gasteiger partial charge is 0.444 e. The van der Waals surface area contributed by atoms with Crippen molar-refractivity contribution in [1.82, 2.24) is 9.97 Å². The normalized spacial score (nSPS) is 11.3. The summed E-state index contributed by atoms with van der Waals surface area (Å²) in [6, 6.07) is 18.2. The zero-order valence-electron chi connectivity index (χ0n) is 16.6. The highest BCUT2D eigenvalue weighted by Crippen LogP contribution is 2.31. The van der Waals surface area contributed by atoms with Gasteiger partial charge >= 0.3 is 6.09 Å². The highest BCUT2D eigenvalue weighted by atomic mass is 32.2. The molecule has 0 radical (unpaired) electrons. The number of pyridine rings is 1. The van der Waals surface area contributed by atoms with E-state index in [0.717, 1.165) is 28.3 Å². The van der Waals surface area contributed by atoms with Gasteiger partial charge in [0.05, 0.1) is 18.1 Å². The molecule has 2 aromatic carbocycles. The summed E-state index contributed by atoms with van der Waals surface area (Å²) in [5.74, 6) is 0. The maximum absolute atomic E-state index is 12.2. The molecule has 0 spiro atoms. The molecule has 0 unspecified atom stereocenters. The Hall–Kier alpha value is -3.85. The molecule has 0 saturated heterocycles. The molecule has 31 heavy (non-hydrogen) atoms. The van der Waals surface area contributed by atoms with Gasteiger partial charge in [-0.05, 0) is 29.3 Å². The zero-order chi connectivity index (χ0) is 21.8. The lowest BCUT2D eigenvalue weighted by Gasteiger charge is -2.08. The quantitative estimate of drug-likeness (QED) is 0.416. The Morgan fingerprint density at radius 3 is 2.65 bits per heavy atom. The predicted octanol–water partition coefficient (Wildman–Crippen LogP) is 4.35. The fourth-order valence-electron chi connectivity index (χ4n) is 3.15. The van der Waals surface area contributed by atoms with Crippen LogP contribution in [0.5, 0.6) is 0 Å². The number of benzene rings is 2. The van der Waals surface area contributed by atoms with Crippen molar-refractivity contribution in [3.05, 3.63) is 78.6 Å². The molecule has 8 nitrogen and oxygen atoms in total. The second-order valence-electron chi connectivity index (χ2n) is 6.96. The molecular weight excluding hydrogens is 416 g/mol. The van der Waals surface area contributed by atoms with E-state index in [2.05, 4.69) is 20.0 Å². The van der Waals surface area contributed by atoms with Gasteiger partial charge in [0, 0.05) is 22.8 Å². The number of carbonyl (C=O) groups is 1. The zero-order valence-corrected chi connectivity index (χ0v) is 17.4. The van der Waals surface area contributed by atoms with Crippen LogP contribution >= 0.6 is 0 Å². The van der Waals surface area contributed by atoms with Crippen LogP contribution in [0.3, 0.4) is 0 Å². The average Bonchev–Trinajstić information content (AvgIpc) is 3.15. The first-order chi connectivity index (χ1) is 14.9. The maximum atomic E-state index is 12.2. The van der Waals surface area contributed by atoms with Crippen molar-refractivity contribution in [3.8, 4) is 11.1 Å². The fourth-order valence-corrected chi connectivity index (χ4v) is 3.71. The first kappa shape index (κ1) is 20.4. The number of hydrogen-bond donors (Lipinski definition) is 3. The van der Waals surface area contributed by atoms with Crippen LogP contribution in [0.25, 0.3) is 22.2 Å². The summed E-state index contributed by atoms with van der Waals surface area (Å²) in [4.78, 5) is 19.6. The number of sulfonamides is 1. The van der Waals surface area contributed by atoms with Gasteiger partial charge in [-0.15, -0.1) is 0 Å². The number of aromatic amines is 1. The Morgan fingerprint density at radius 2 is 1.87 bits per heavy atom. The Kier molecular flexibility index (Phi) is 5.59. The molecule has 2 aromatic heterocycles. The van der Waals surface area contributed by atoms with Gasteiger partial charge in [-0.1, -0.05) is 42.5 Å². The average molecular weight is 436 g/mol. The van der Waals surface area contributed by atoms with Crippen LogP contribution in [-0.4, -0.2) is 30.7 Å². The molecule has 2 heterocycles. The van der Waals surface area contributed by atoms with E-state index >= 15 is 0 Å². The summed E-state index contributed by atoms with van der Waals surface area (Å²) in [5.41, 5.74) is 4.09. The molecule has 1 amide bonds. The van der Waals surface area contributed by atoms with Gasteiger partial charge in [0.15, 0.2) is 0 Å². The molecule has 0 bridgehead atoms. The molecule has 158 valence electrons. The molecule has 0 atom stereocenters. The van der Waals surface area contributed by atoms with E-state index in [1.807, 2.05) is 36.4 Å². The molecule has 0 aliphatic heterocycles. The minimum absolute atomic E-state index is 0.165. The van der Waals surface area contributed by atoms with E-state index in [-0.39, 0.29) is 6.61 Å². The minimum Gasteiger partial charge on any atom is -0.444 e. The highest BCUT2D eigenvalue weighted by Gasteiger charge is 2.11. The second kappa shape index (κ2) is 8.49. The molecule has 4 aromatic rings. The highest BCUT2D eigenvalue weighted by molar-refractivity contribution is 7.92. The molecule has 0 aliphatic rings. The third kappa shape index (κ3) is 5.20. The van der Waals surface area contributed by atoms with Gasteiger partial charge < -0.3 is 9.72 Å². The Labute approximate surface area is 179 Å². The van der Waals surface area contributed by atoms with E-state index in [1.165, 1.54) is 6.20 Å². The molecule has 4 rings (SSSR count). The third-order valence-electron chi connectivity index (χ3n) is 4.47. The van der Waals surface area contributed by atoms with Crippen LogP contribution < -0.4 is 10.0 Å². The maximum Gasteiger partial charge on any atom is 0.412 e. The van der Waals surface area contributed by atoms with E-state index in [9.17, 15) is 13.2 Å². The Morgan fingerprint density at radius 1 is 1.06 bits per heavy atom. The monoisotopic (exact) mass is 436 g/mol. The van der Waals surface area contributed by atoms with E-state index in [1.54, 1.807) is 30.5 Å². The van der Waals surface area contributed by atoms with Gasteiger partial charge in [0.2, 0.25) is 10.0 Å². The van der Waals surface area contributed by atoms with Crippen molar-refractivity contribution >= 4 is 38.5 Å². The number of H-pyrrole nitrogens is 1. The van der Waals surface area contributed by atoms with Crippen LogP contribution in [0.15, 0.2) is 73.1 Å². The molecule has 0 aliphatic carbocycles. The number of aromatic nitrogens is 2. The van der Waals surface area contributed by atoms with E-state index < -0.39 is 16.1 Å². The number of carbonyl (C=O) groups excluding carboxylic acids is 1. The molecule has 0 fully saturated rings. The molecule has 0 saturated carbocycles. The summed E-state index contributed by atoms with van der Waals surface area (Å²) in [7, 11) is -3.38. The summed E-state index contributed by atoms with van der Waals surface area (Å²) in [6.45, 7) is 0.165. The lowest BCUT2D eigenvalue weighted by molar-refractivity contribution is 0.155. The third-order valence-corrected chi connectivity index (χ3v) is 5.07. The predicted molar refractivity (Wildman–Crippen MR) is 120 cm³/mol. The summed E-state index contributed by atoms with van der Waals surface area (Å²) >= 11 is 0. The second-order valence-corrected chi connectivity index (χ2v) is 8.71. The molecule has 3 N–H and O–H groups in total. The lowest BCUT2D eigenvalue weighted by Crippen LogP contribution is -2.13. The lowest BCUT2D eigenvalue weighted by atomic mass is 10.1. The standard InChI is InChI=1S/C22H20N4O4S/c1-31(28,29)26-17-9-5-8-16(10-17)20-13-24-21-19(20)11-18(12-23-21)25-22(27)30-14-15-6-3-2-4-7-15/h2-13,26H,14H2,1H3,(H,23,24)(H,25,27). The van der Waals surface area contributed by atoms with E-state index in [0.29, 0.717) is 17.0 Å². The smallest absolute Gasteiger partial charge is 0.412 e.